The Hall–Kier alpha value is -3.81. The Morgan fingerprint density at radius 3 is 2.29 bits per heavy atom. The van der Waals surface area contributed by atoms with Crippen molar-refractivity contribution in [2.24, 2.45) is 7.05 Å². The number of hydrogen-bond acceptors (Lipinski definition) is 5. The van der Waals surface area contributed by atoms with Gasteiger partial charge in [-0.3, -0.25) is 19.0 Å². The SMILES string of the molecule is Cn1nc(C(=O)N2CCOCC2)cc1C(=O)Nc1cnn(Cc2c(F)c(F)c(F)c(F)c2F)c1. The van der Waals surface area contributed by atoms with Crippen LogP contribution in [0.3, 0.4) is 0 Å². The van der Waals surface area contributed by atoms with Gasteiger partial charge in [0.05, 0.1) is 37.2 Å². The van der Waals surface area contributed by atoms with E-state index in [1.165, 1.54) is 17.8 Å². The molecule has 1 N–H and O–H groups in total. The van der Waals surface area contributed by atoms with Crippen LogP contribution in [0.4, 0.5) is 27.6 Å². The van der Waals surface area contributed by atoms with Crippen molar-refractivity contribution in [3.8, 4) is 0 Å². The van der Waals surface area contributed by atoms with Gasteiger partial charge >= 0.3 is 0 Å². The summed E-state index contributed by atoms with van der Waals surface area (Å²) in [5.74, 6) is -11.3. The van der Waals surface area contributed by atoms with Crippen molar-refractivity contribution in [3.05, 3.63) is 64.5 Å². The van der Waals surface area contributed by atoms with Crippen molar-refractivity contribution in [2.45, 2.75) is 6.54 Å². The molecule has 0 aliphatic carbocycles. The molecule has 0 atom stereocenters. The Bertz CT molecular complexity index is 1240. The van der Waals surface area contributed by atoms with E-state index in [-0.39, 0.29) is 23.0 Å². The number of aromatic nitrogens is 4. The minimum atomic E-state index is -2.25. The van der Waals surface area contributed by atoms with Crippen molar-refractivity contribution in [2.75, 3.05) is 31.6 Å². The molecule has 2 amide bonds. The van der Waals surface area contributed by atoms with E-state index in [0.29, 0.717) is 26.3 Å². The van der Waals surface area contributed by atoms with Crippen molar-refractivity contribution in [1.29, 1.82) is 0 Å². The topological polar surface area (TPSA) is 94.3 Å². The lowest BCUT2D eigenvalue weighted by Gasteiger charge is -2.25. The van der Waals surface area contributed by atoms with Gasteiger partial charge in [-0.25, -0.2) is 22.0 Å². The van der Waals surface area contributed by atoms with Crippen molar-refractivity contribution < 1.29 is 36.3 Å². The first-order chi connectivity index (χ1) is 16.2. The molecule has 1 aliphatic heterocycles. The third-order valence-electron chi connectivity index (χ3n) is 5.14. The smallest absolute Gasteiger partial charge is 0.274 e. The Labute approximate surface area is 188 Å². The Morgan fingerprint density at radius 2 is 1.65 bits per heavy atom. The van der Waals surface area contributed by atoms with Crippen LogP contribution in [-0.4, -0.2) is 62.6 Å². The van der Waals surface area contributed by atoms with Crippen LogP contribution in [-0.2, 0) is 18.3 Å². The maximum absolute atomic E-state index is 13.9. The number of ether oxygens (including phenoxy) is 1. The summed E-state index contributed by atoms with van der Waals surface area (Å²) in [6.07, 6.45) is 2.27. The van der Waals surface area contributed by atoms with Gasteiger partial charge < -0.3 is 15.0 Å². The Balaban J connectivity index is 1.47. The predicted molar refractivity (Wildman–Crippen MR) is 105 cm³/mol. The van der Waals surface area contributed by atoms with Crippen LogP contribution in [0.15, 0.2) is 18.5 Å². The van der Waals surface area contributed by atoms with E-state index in [2.05, 4.69) is 15.5 Å². The van der Waals surface area contributed by atoms with Crippen molar-refractivity contribution in [3.63, 3.8) is 0 Å². The first-order valence-electron chi connectivity index (χ1n) is 9.92. The normalized spacial score (nSPS) is 13.9. The second-order valence-corrected chi connectivity index (χ2v) is 7.37. The largest absolute Gasteiger partial charge is 0.378 e. The Morgan fingerprint density at radius 1 is 1.03 bits per heavy atom. The highest BCUT2D eigenvalue weighted by atomic mass is 19.2. The summed E-state index contributed by atoms with van der Waals surface area (Å²) >= 11 is 0. The van der Waals surface area contributed by atoms with Crippen LogP contribution in [0, 0.1) is 29.1 Å². The zero-order valence-corrected chi connectivity index (χ0v) is 17.6. The van der Waals surface area contributed by atoms with Gasteiger partial charge in [-0.05, 0) is 0 Å². The van der Waals surface area contributed by atoms with Gasteiger partial charge in [-0.2, -0.15) is 10.2 Å². The second kappa shape index (κ2) is 9.21. The summed E-state index contributed by atoms with van der Waals surface area (Å²) in [4.78, 5) is 26.7. The average molecular weight is 484 g/mol. The minimum absolute atomic E-state index is 0.0455. The molecule has 2 aromatic heterocycles. The number of benzene rings is 1. The number of carbonyl (C=O) groups is 2. The van der Waals surface area contributed by atoms with E-state index in [0.717, 1.165) is 17.1 Å². The number of anilines is 1. The molecule has 4 rings (SSSR count). The molecule has 0 unspecified atom stereocenters. The molecule has 14 heteroatoms. The molecule has 180 valence electrons. The lowest BCUT2D eigenvalue weighted by molar-refractivity contribution is 0.0298. The minimum Gasteiger partial charge on any atom is -0.378 e. The number of amides is 2. The lowest BCUT2D eigenvalue weighted by Crippen LogP contribution is -2.40. The second-order valence-electron chi connectivity index (χ2n) is 7.37. The molecule has 0 bridgehead atoms. The van der Waals surface area contributed by atoms with Crippen molar-refractivity contribution >= 4 is 17.5 Å². The first kappa shape index (κ1) is 23.4. The zero-order chi connectivity index (χ0) is 24.6. The van der Waals surface area contributed by atoms with E-state index in [4.69, 9.17) is 4.74 Å². The van der Waals surface area contributed by atoms with Crippen LogP contribution in [0.25, 0.3) is 0 Å². The molecule has 9 nitrogen and oxygen atoms in total. The number of aryl methyl sites for hydroxylation is 1. The van der Waals surface area contributed by atoms with E-state index >= 15 is 0 Å². The average Bonchev–Trinajstić information content (AvgIpc) is 3.45. The summed E-state index contributed by atoms with van der Waals surface area (Å²) < 4.78 is 75.1. The highest BCUT2D eigenvalue weighted by molar-refractivity contribution is 6.04. The van der Waals surface area contributed by atoms with E-state index < -0.39 is 47.1 Å². The molecule has 0 saturated carbocycles. The molecule has 0 radical (unpaired) electrons. The third kappa shape index (κ3) is 4.35. The predicted octanol–water partition coefficient (Wildman–Crippen LogP) is 2.09. The molecule has 3 heterocycles. The van der Waals surface area contributed by atoms with Gasteiger partial charge in [-0.15, -0.1) is 0 Å². The molecule has 1 aliphatic rings. The molecule has 1 fully saturated rings. The number of carbonyl (C=O) groups excluding carboxylic acids is 2. The van der Waals surface area contributed by atoms with Gasteiger partial charge in [-0.1, -0.05) is 0 Å². The molecule has 1 aromatic carbocycles. The van der Waals surface area contributed by atoms with Crippen LogP contribution in [0.5, 0.6) is 0 Å². The van der Waals surface area contributed by atoms with Gasteiger partial charge in [0.2, 0.25) is 5.82 Å². The van der Waals surface area contributed by atoms with Crippen LogP contribution in [0.2, 0.25) is 0 Å². The number of hydrogen-bond donors (Lipinski definition) is 1. The van der Waals surface area contributed by atoms with Crippen LogP contribution in [0.1, 0.15) is 26.5 Å². The number of rotatable bonds is 5. The number of nitrogens with one attached hydrogen (secondary N) is 1. The molecule has 0 spiro atoms. The summed E-state index contributed by atoms with van der Waals surface area (Å²) in [5, 5.41) is 10.3. The standard InChI is InChI=1S/C20H17F5N6O3/c1-29-13(6-12(28-29)20(33)30-2-4-34-5-3-30)19(32)27-10-7-26-31(8-10)9-11-14(21)16(23)18(25)17(24)15(11)22/h6-8H,2-5,9H2,1H3,(H,27,32). The zero-order valence-electron chi connectivity index (χ0n) is 17.6. The molecule has 34 heavy (non-hydrogen) atoms. The van der Waals surface area contributed by atoms with Gasteiger partial charge in [0.25, 0.3) is 11.8 Å². The monoisotopic (exact) mass is 484 g/mol. The van der Waals surface area contributed by atoms with E-state index in [1.54, 1.807) is 4.90 Å². The quantitative estimate of drug-likeness (QED) is 0.340. The van der Waals surface area contributed by atoms with Gasteiger partial charge in [0, 0.05) is 32.4 Å². The molecular weight excluding hydrogens is 467 g/mol. The molecular formula is C20H17F5N6O3. The first-order valence-corrected chi connectivity index (χ1v) is 9.92. The fraction of sp³-hybridized carbons (Fsp3) is 0.300. The van der Waals surface area contributed by atoms with Crippen LogP contribution >= 0.6 is 0 Å². The van der Waals surface area contributed by atoms with Gasteiger partial charge in [0.15, 0.2) is 29.0 Å². The van der Waals surface area contributed by atoms with E-state index in [9.17, 15) is 31.5 Å². The summed E-state index contributed by atoms with van der Waals surface area (Å²) in [6, 6.07) is 1.31. The lowest BCUT2D eigenvalue weighted by atomic mass is 10.1. The van der Waals surface area contributed by atoms with Gasteiger partial charge in [0.1, 0.15) is 5.69 Å². The van der Waals surface area contributed by atoms with Crippen molar-refractivity contribution in [1.82, 2.24) is 24.5 Å². The fourth-order valence-electron chi connectivity index (χ4n) is 3.37. The summed E-state index contributed by atoms with van der Waals surface area (Å²) in [7, 11) is 1.47. The maximum Gasteiger partial charge on any atom is 0.274 e. The maximum atomic E-state index is 13.9. The molecule has 3 aromatic rings. The third-order valence-corrected chi connectivity index (χ3v) is 5.14. The van der Waals surface area contributed by atoms with E-state index in [1.807, 2.05) is 0 Å². The summed E-state index contributed by atoms with van der Waals surface area (Å²) in [5.41, 5.74) is -0.882. The Kier molecular flexibility index (Phi) is 6.32. The highest BCUT2D eigenvalue weighted by Gasteiger charge is 2.26. The van der Waals surface area contributed by atoms with Crippen LogP contribution < -0.4 is 5.32 Å². The summed E-state index contributed by atoms with van der Waals surface area (Å²) in [6.45, 7) is 0.839. The highest BCUT2D eigenvalue weighted by Crippen LogP contribution is 2.24. The number of morpholine rings is 1. The fourth-order valence-corrected chi connectivity index (χ4v) is 3.37. The number of halogens is 5. The molecule has 1 saturated heterocycles. The number of nitrogens with zero attached hydrogens (tertiary/aromatic N) is 5.